The Morgan fingerprint density at radius 1 is 1.11 bits per heavy atom. The minimum Gasteiger partial charge on any atom is -0.450 e. The monoisotopic (exact) mass is 407 g/mol. The van der Waals surface area contributed by atoms with Crippen LogP contribution in [0.25, 0.3) is 0 Å². The topological polar surface area (TPSA) is 72.9 Å². The Kier molecular flexibility index (Phi) is 6.80. The third kappa shape index (κ3) is 4.51. The van der Waals surface area contributed by atoms with Crippen LogP contribution in [0.15, 0.2) is 24.3 Å². The molecule has 0 radical (unpaired) electrons. The van der Waals surface area contributed by atoms with E-state index in [1.54, 1.807) is 18.7 Å². The lowest BCUT2D eigenvalue weighted by Gasteiger charge is -2.47. The van der Waals surface area contributed by atoms with Gasteiger partial charge in [-0.1, -0.05) is 38.1 Å². The summed E-state index contributed by atoms with van der Waals surface area (Å²) in [5.41, 5.74) is 1.49. The number of benzene rings is 1. The molecule has 2 atom stereocenters. The molecule has 0 fully saturated rings. The van der Waals surface area contributed by atoms with E-state index in [0.29, 0.717) is 6.42 Å². The van der Waals surface area contributed by atoms with Gasteiger partial charge in [0.2, 0.25) is 5.91 Å². The molecule has 0 saturated heterocycles. The highest BCUT2D eigenvalue weighted by atomic mass is 32.2. The van der Waals surface area contributed by atoms with Crippen LogP contribution in [0.5, 0.6) is 0 Å². The smallest absolute Gasteiger partial charge is 0.416 e. The standard InChI is InChI=1S/C21H29NO5S/c1-7-26-19(25)22(14(2)23)13-12-21(6)17-11-9-8-10-16(17)20(4,5)18(28-21)27-15(3)24/h8-11,18H,7,12-13H2,1-6H3. The first kappa shape index (κ1) is 22.3. The molecule has 7 heteroatoms. The van der Waals surface area contributed by atoms with Crippen LogP contribution < -0.4 is 0 Å². The fraction of sp³-hybridized carbons (Fsp3) is 0.571. The van der Waals surface area contributed by atoms with Gasteiger partial charge in [-0.3, -0.25) is 9.59 Å². The molecular weight excluding hydrogens is 378 g/mol. The molecule has 6 nitrogen and oxygen atoms in total. The summed E-state index contributed by atoms with van der Waals surface area (Å²) in [6, 6.07) is 8.07. The first-order valence-corrected chi connectivity index (χ1v) is 10.3. The van der Waals surface area contributed by atoms with Crippen molar-refractivity contribution in [2.24, 2.45) is 0 Å². The van der Waals surface area contributed by atoms with Crippen LogP contribution in [-0.2, 0) is 29.2 Å². The second-order valence-corrected chi connectivity index (χ2v) is 9.24. The van der Waals surface area contributed by atoms with Crippen LogP contribution in [0.2, 0.25) is 0 Å². The van der Waals surface area contributed by atoms with E-state index in [4.69, 9.17) is 9.47 Å². The highest BCUT2D eigenvalue weighted by Crippen LogP contribution is 2.55. The Bertz CT molecular complexity index is 763. The lowest BCUT2D eigenvalue weighted by Crippen LogP contribution is -2.46. The van der Waals surface area contributed by atoms with Crippen LogP contribution in [0.3, 0.4) is 0 Å². The number of thioether (sulfide) groups is 1. The fourth-order valence-corrected chi connectivity index (χ4v) is 5.09. The van der Waals surface area contributed by atoms with Crippen molar-refractivity contribution < 1.29 is 23.9 Å². The van der Waals surface area contributed by atoms with Gasteiger partial charge in [0.25, 0.3) is 0 Å². The Hall–Kier alpha value is -2.02. The summed E-state index contributed by atoms with van der Waals surface area (Å²) in [7, 11) is 0. The summed E-state index contributed by atoms with van der Waals surface area (Å²) in [6.45, 7) is 11.1. The first-order chi connectivity index (χ1) is 13.0. The van der Waals surface area contributed by atoms with Crippen molar-refractivity contribution in [3.05, 3.63) is 35.4 Å². The summed E-state index contributed by atoms with van der Waals surface area (Å²) in [4.78, 5) is 36.9. The maximum atomic E-state index is 12.1. The molecule has 0 N–H and O–H groups in total. The Morgan fingerprint density at radius 2 is 1.71 bits per heavy atom. The molecule has 2 amide bonds. The molecule has 2 unspecified atom stereocenters. The van der Waals surface area contributed by atoms with E-state index in [1.165, 1.54) is 13.8 Å². The quantitative estimate of drug-likeness (QED) is 0.681. The summed E-state index contributed by atoms with van der Waals surface area (Å²) >= 11 is 1.56. The maximum absolute atomic E-state index is 12.1. The minimum absolute atomic E-state index is 0.209. The average Bonchev–Trinajstić information content (AvgIpc) is 2.60. The van der Waals surface area contributed by atoms with Gasteiger partial charge in [0, 0.05) is 30.6 Å². The van der Waals surface area contributed by atoms with Crippen molar-refractivity contribution in [2.45, 2.75) is 63.6 Å². The van der Waals surface area contributed by atoms with Crippen LogP contribution in [0.4, 0.5) is 4.79 Å². The van der Waals surface area contributed by atoms with Gasteiger partial charge < -0.3 is 9.47 Å². The van der Waals surface area contributed by atoms with Crippen molar-refractivity contribution in [1.29, 1.82) is 0 Å². The van der Waals surface area contributed by atoms with E-state index in [2.05, 4.69) is 32.9 Å². The predicted molar refractivity (Wildman–Crippen MR) is 109 cm³/mol. The number of fused-ring (bicyclic) bond motifs is 1. The zero-order chi connectivity index (χ0) is 21.1. The number of carbonyl (C=O) groups is 3. The molecule has 1 heterocycles. The average molecular weight is 408 g/mol. The fourth-order valence-electron chi connectivity index (χ4n) is 3.50. The van der Waals surface area contributed by atoms with E-state index in [1.807, 2.05) is 12.1 Å². The van der Waals surface area contributed by atoms with Crippen molar-refractivity contribution >= 4 is 29.7 Å². The van der Waals surface area contributed by atoms with Gasteiger partial charge in [0.1, 0.15) is 0 Å². The molecule has 0 bridgehead atoms. The highest BCUT2D eigenvalue weighted by Gasteiger charge is 2.48. The lowest BCUT2D eigenvalue weighted by atomic mass is 9.77. The number of amides is 2. The van der Waals surface area contributed by atoms with Crippen LogP contribution >= 0.6 is 11.8 Å². The van der Waals surface area contributed by atoms with E-state index < -0.39 is 10.8 Å². The molecule has 0 saturated carbocycles. The first-order valence-electron chi connectivity index (χ1n) is 9.42. The normalized spacial score (nSPS) is 22.7. The largest absolute Gasteiger partial charge is 0.450 e. The van der Waals surface area contributed by atoms with Gasteiger partial charge >= 0.3 is 12.1 Å². The Balaban J connectivity index is 2.37. The van der Waals surface area contributed by atoms with Crippen LogP contribution in [-0.4, -0.2) is 41.5 Å². The number of ether oxygens (including phenoxy) is 2. The number of hydrogen-bond donors (Lipinski definition) is 0. The number of nitrogens with zero attached hydrogens (tertiary/aromatic N) is 1. The van der Waals surface area contributed by atoms with Crippen LogP contribution in [0.1, 0.15) is 59.1 Å². The Labute approximate surface area is 170 Å². The number of hydrogen-bond acceptors (Lipinski definition) is 6. The number of esters is 1. The van der Waals surface area contributed by atoms with Gasteiger partial charge in [-0.25, -0.2) is 9.69 Å². The van der Waals surface area contributed by atoms with Gasteiger partial charge in [-0.15, -0.1) is 11.8 Å². The molecule has 1 aliphatic heterocycles. The van der Waals surface area contributed by atoms with Crippen molar-refractivity contribution in [3.8, 4) is 0 Å². The van der Waals surface area contributed by atoms with Gasteiger partial charge in [-0.2, -0.15) is 0 Å². The molecule has 0 spiro atoms. The zero-order valence-electron chi connectivity index (χ0n) is 17.4. The SMILES string of the molecule is CCOC(=O)N(CCC1(C)SC(OC(C)=O)C(C)(C)c2ccccc21)C(C)=O. The van der Waals surface area contributed by atoms with Crippen LogP contribution in [0, 0.1) is 0 Å². The van der Waals surface area contributed by atoms with Crippen molar-refractivity contribution in [1.82, 2.24) is 4.90 Å². The van der Waals surface area contributed by atoms with E-state index in [-0.39, 0.29) is 35.9 Å². The molecule has 1 aromatic carbocycles. The van der Waals surface area contributed by atoms with Crippen molar-refractivity contribution in [2.75, 3.05) is 13.2 Å². The molecule has 0 aromatic heterocycles. The second-order valence-electron chi connectivity index (χ2n) is 7.68. The third-order valence-corrected chi connectivity index (χ3v) is 6.94. The van der Waals surface area contributed by atoms with Gasteiger partial charge in [0.05, 0.1) is 6.61 Å². The molecule has 28 heavy (non-hydrogen) atoms. The highest BCUT2D eigenvalue weighted by molar-refractivity contribution is 8.00. The predicted octanol–water partition coefficient (Wildman–Crippen LogP) is 4.21. The second kappa shape index (κ2) is 8.55. The van der Waals surface area contributed by atoms with Crippen molar-refractivity contribution in [3.63, 3.8) is 0 Å². The molecular formula is C21H29NO5S. The number of rotatable bonds is 5. The zero-order valence-corrected chi connectivity index (χ0v) is 18.2. The lowest BCUT2D eigenvalue weighted by molar-refractivity contribution is -0.144. The van der Waals surface area contributed by atoms with E-state index in [9.17, 15) is 14.4 Å². The molecule has 1 aromatic rings. The Morgan fingerprint density at radius 3 is 2.25 bits per heavy atom. The third-order valence-electron chi connectivity index (χ3n) is 5.10. The van der Waals surface area contributed by atoms with Gasteiger partial charge in [0.15, 0.2) is 5.44 Å². The molecule has 0 aliphatic carbocycles. The van der Waals surface area contributed by atoms with E-state index >= 15 is 0 Å². The van der Waals surface area contributed by atoms with Gasteiger partial charge in [-0.05, 0) is 31.4 Å². The summed E-state index contributed by atoms with van der Waals surface area (Å²) in [5.74, 6) is -0.683. The molecule has 154 valence electrons. The summed E-state index contributed by atoms with van der Waals surface area (Å²) < 4.78 is 10.2. The maximum Gasteiger partial charge on any atom is 0.416 e. The molecule has 1 aliphatic rings. The van der Waals surface area contributed by atoms with E-state index in [0.717, 1.165) is 16.0 Å². The minimum atomic E-state index is -0.635. The summed E-state index contributed by atoms with van der Waals surface area (Å²) in [6.07, 6.45) is -0.120. The summed E-state index contributed by atoms with van der Waals surface area (Å²) in [5, 5.41) is 0. The number of imide groups is 1. The number of carbonyl (C=O) groups excluding carboxylic acids is 3. The molecule has 2 rings (SSSR count).